The van der Waals surface area contributed by atoms with Crippen molar-refractivity contribution >= 4 is 21.4 Å². The van der Waals surface area contributed by atoms with Crippen molar-refractivity contribution in [2.75, 3.05) is 24.7 Å². The van der Waals surface area contributed by atoms with Crippen molar-refractivity contribution in [3.63, 3.8) is 0 Å². The summed E-state index contributed by atoms with van der Waals surface area (Å²) >= 11 is 0. The van der Waals surface area contributed by atoms with E-state index in [1.807, 2.05) is 13.8 Å². The number of nitrogens with one attached hydrogen (secondary N) is 2. The van der Waals surface area contributed by atoms with E-state index in [0.717, 1.165) is 19.2 Å². The number of rotatable bonds is 4. The third-order valence-electron chi connectivity index (χ3n) is 4.12. The van der Waals surface area contributed by atoms with Crippen molar-refractivity contribution in [1.29, 1.82) is 0 Å². The molecule has 1 atom stereocenters. The zero-order valence-corrected chi connectivity index (χ0v) is 13.3. The molecule has 0 aliphatic carbocycles. The van der Waals surface area contributed by atoms with Crippen LogP contribution in [-0.2, 0) is 14.6 Å². The van der Waals surface area contributed by atoms with E-state index >= 15 is 0 Å². The minimum absolute atomic E-state index is 0.00149. The minimum Gasteiger partial charge on any atom is -0.324 e. The normalized spacial score (nSPS) is 22.5. The van der Waals surface area contributed by atoms with Crippen molar-refractivity contribution in [1.82, 2.24) is 10.3 Å². The first kappa shape index (κ1) is 15.9. The van der Waals surface area contributed by atoms with Crippen LogP contribution < -0.4 is 10.6 Å². The maximum Gasteiger partial charge on any atom is 0.232 e. The summed E-state index contributed by atoms with van der Waals surface area (Å²) < 4.78 is 22.7. The first-order valence-corrected chi connectivity index (χ1v) is 8.83. The fraction of sp³-hybridized carbons (Fsp3) is 0.571. The number of hydrogen-bond acceptors (Lipinski definition) is 5. The van der Waals surface area contributed by atoms with Gasteiger partial charge in [-0.1, -0.05) is 13.8 Å². The fourth-order valence-electron chi connectivity index (χ4n) is 2.59. The lowest BCUT2D eigenvalue weighted by Gasteiger charge is -2.31. The highest BCUT2D eigenvalue weighted by molar-refractivity contribution is 7.90. The highest BCUT2D eigenvalue weighted by Gasteiger charge is 2.43. The third kappa shape index (κ3) is 3.24. The molecule has 1 fully saturated rings. The van der Waals surface area contributed by atoms with Gasteiger partial charge in [0.15, 0.2) is 14.9 Å². The molecule has 0 aromatic carbocycles. The van der Waals surface area contributed by atoms with Crippen LogP contribution in [0.25, 0.3) is 0 Å². The molecule has 7 heteroatoms. The van der Waals surface area contributed by atoms with E-state index in [9.17, 15) is 13.2 Å². The molecule has 1 aliphatic heterocycles. The molecule has 2 heterocycles. The molecule has 0 saturated carbocycles. The number of pyridine rings is 1. The van der Waals surface area contributed by atoms with E-state index in [1.54, 1.807) is 6.07 Å². The van der Waals surface area contributed by atoms with E-state index in [1.165, 1.54) is 12.3 Å². The lowest BCUT2D eigenvalue weighted by molar-refractivity contribution is -0.126. The van der Waals surface area contributed by atoms with Crippen molar-refractivity contribution in [3.05, 3.63) is 18.3 Å². The molecule has 21 heavy (non-hydrogen) atoms. The summed E-state index contributed by atoms with van der Waals surface area (Å²) in [6.07, 6.45) is 3.28. The molecule has 0 bridgehead atoms. The summed E-state index contributed by atoms with van der Waals surface area (Å²) in [5, 5.41) is 6.08. The fourth-order valence-corrected chi connectivity index (χ4v) is 3.15. The lowest BCUT2D eigenvalue weighted by atomic mass is 9.75. The van der Waals surface area contributed by atoms with E-state index in [-0.39, 0.29) is 16.9 Å². The standard InChI is InChI=1S/C14H21N3O3S/c1-10(2)14(6-7-15-9-14)13(18)17-11-4-5-12(16-8-11)21(3,19)20/h4-5,8,10,15H,6-7,9H2,1-3H3,(H,17,18). The molecule has 6 nitrogen and oxygen atoms in total. The molecule has 1 amide bonds. The smallest absolute Gasteiger partial charge is 0.232 e. The molecule has 1 aliphatic rings. The van der Waals surface area contributed by atoms with Gasteiger partial charge in [0.2, 0.25) is 5.91 Å². The largest absolute Gasteiger partial charge is 0.324 e. The van der Waals surface area contributed by atoms with Gasteiger partial charge in [-0.15, -0.1) is 0 Å². The first-order valence-electron chi connectivity index (χ1n) is 6.94. The van der Waals surface area contributed by atoms with E-state index in [4.69, 9.17) is 0 Å². The zero-order chi connectivity index (χ0) is 15.7. The van der Waals surface area contributed by atoms with Gasteiger partial charge < -0.3 is 10.6 Å². The quantitative estimate of drug-likeness (QED) is 0.868. The SMILES string of the molecule is CC(C)C1(C(=O)Nc2ccc(S(C)(=O)=O)nc2)CCNC1. The average molecular weight is 311 g/mol. The van der Waals surface area contributed by atoms with Gasteiger partial charge in [-0.05, 0) is 31.0 Å². The molecule has 2 rings (SSSR count). The van der Waals surface area contributed by atoms with Gasteiger partial charge in [0.1, 0.15) is 0 Å². The van der Waals surface area contributed by atoms with Crippen LogP contribution >= 0.6 is 0 Å². The highest BCUT2D eigenvalue weighted by atomic mass is 32.2. The zero-order valence-electron chi connectivity index (χ0n) is 12.5. The van der Waals surface area contributed by atoms with E-state index in [0.29, 0.717) is 12.2 Å². The molecule has 1 aromatic heterocycles. The van der Waals surface area contributed by atoms with Gasteiger partial charge in [-0.3, -0.25) is 4.79 Å². The number of amides is 1. The number of hydrogen-bond donors (Lipinski definition) is 2. The van der Waals surface area contributed by atoms with Crippen molar-refractivity contribution in [3.8, 4) is 0 Å². The minimum atomic E-state index is -3.32. The average Bonchev–Trinajstić information content (AvgIpc) is 2.89. The highest BCUT2D eigenvalue weighted by Crippen LogP contribution is 2.35. The second-order valence-corrected chi connectivity index (χ2v) is 7.81. The predicted molar refractivity (Wildman–Crippen MR) is 80.7 cm³/mol. The van der Waals surface area contributed by atoms with Crippen molar-refractivity contribution in [2.45, 2.75) is 25.3 Å². The van der Waals surface area contributed by atoms with Crippen LogP contribution in [-0.4, -0.2) is 38.7 Å². The van der Waals surface area contributed by atoms with E-state index in [2.05, 4.69) is 15.6 Å². The van der Waals surface area contributed by atoms with Crippen LogP contribution in [0.2, 0.25) is 0 Å². The van der Waals surface area contributed by atoms with Crippen molar-refractivity contribution < 1.29 is 13.2 Å². The van der Waals surface area contributed by atoms with Gasteiger partial charge in [-0.2, -0.15) is 0 Å². The molecule has 1 unspecified atom stereocenters. The molecule has 0 spiro atoms. The molecule has 2 N–H and O–H groups in total. The monoisotopic (exact) mass is 311 g/mol. The molecule has 1 saturated heterocycles. The molecule has 1 aromatic rings. The summed E-state index contributed by atoms with van der Waals surface area (Å²) in [5.41, 5.74) is 0.0921. The summed E-state index contributed by atoms with van der Waals surface area (Å²) in [4.78, 5) is 16.4. The molecular formula is C14H21N3O3S. The number of anilines is 1. The number of carbonyl (C=O) groups is 1. The van der Waals surface area contributed by atoms with Gasteiger partial charge in [-0.25, -0.2) is 13.4 Å². The van der Waals surface area contributed by atoms with Crippen LogP contribution in [0.15, 0.2) is 23.4 Å². The second kappa shape index (κ2) is 5.73. The molecule has 116 valence electrons. The lowest BCUT2D eigenvalue weighted by Crippen LogP contribution is -2.42. The second-order valence-electron chi connectivity index (χ2n) is 5.85. The van der Waals surface area contributed by atoms with Crippen LogP contribution in [0.3, 0.4) is 0 Å². The Morgan fingerprint density at radius 3 is 2.57 bits per heavy atom. The Balaban J connectivity index is 2.16. The first-order chi connectivity index (χ1) is 9.75. The third-order valence-corrected chi connectivity index (χ3v) is 5.12. The Bertz CT molecular complexity index is 617. The molecular weight excluding hydrogens is 290 g/mol. The number of carbonyl (C=O) groups excluding carboxylic acids is 1. The Kier molecular flexibility index (Phi) is 4.34. The predicted octanol–water partition coefficient (Wildman–Crippen LogP) is 1.06. The van der Waals surface area contributed by atoms with Crippen LogP contribution in [0, 0.1) is 11.3 Å². The summed E-state index contributed by atoms with van der Waals surface area (Å²) in [5.74, 6) is 0.173. The maximum atomic E-state index is 12.6. The maximum absolute atomic E-state index is 12.6. The number of aromatic nitrogens is 1. The van der Waals surface area contributed by atoms with Gasteiger partial charge in [0.25, 0.3) is 0 Å². The Morgan fingerprint density at radius 1 is 1.43 bits per heavy atom. The Hall–Kier alpha value is -1.47. The van der Waals surface area contributed by atoms with Crippen LogP contribution in [0.1, 0.15) is 20.3 Å². The summed E-state index contributed by atoms with van der Waals surface area (Å²) in [6.45, 7) is 5.57. The topological polar surface area (TPSA) is 88.2 Å². The van der Waals surface area contributed by atoms with Crippen LogP contribution in [0.5, 0.6) is 0 Å². The summed E-state index contributed by atoms with van der Waals surface area (Å²) in [6, 6.07) is 2.97. The van der Waals surface area contributed by atoms with Crippen molar-refractivity contribution in [2.24, 2.45) is 11.3 Å². The van der Waals surface area contributed by atoms with Gasteiger partial charge >= 0.3 is 0 Å². The number of nitrogens with zero attached hydrogens (tertiary/aromatic N) is 1. The number of sulfone groups is 1. The van der Waals surface area contributed by atoms with Crippen LogP contribution in [0.4, 0.5) is 5.69 Å². The van der Waals surface area contributed by atoms with Gasteiger partial charge in [0.05, 0.1) is 17.3 Å². The Labute approximate surface area is 125 Å². The molecule has 0 radical (unpaired) electrons. The Morgan fingerprint density at radius 2 is 2.14 bits per heavy atom. The summed E-state index contributed by atoms with van der Waals surface area (Å²) in [7, 11) is -3.32. The van der Waals surface area contributed by atoms with Gasteiger partial charge in [0, 0.05) is 12.8 Å². The van der Waals surface area contributed by atoms with E-state index < -0.39 is 15.3 Å².